The minimum absolute atomic E-state index is 0.0352. The molecular weight excluding hydrogens is 296 g/mol. The van der Waals surface area contributed by atoms with Crippen molar-refractivity contribution in [2.24, 2.45) is 0 Å². The van der Waals surface area contributed by atoms with Gasteiger partial charge in [-0.25, -0.2) is 0 Å². The summed E-state index contributed by atoms with van der Waals surface area (Å²) in [5.41, 5.74) is 1.68. The van der Waals surface area contributed by atoms with E-state index in [2.05, 4.69) is 0 Å². The topological polar surface area (TPSA) is 65.0 Å². The lowest BCUT2D eigenvalue weighted by atomic mass is 9.98. The van der Waals surface area contributed by atoms with Gasteiger partial charge in [0.25, 0.3) is 0 Å². The molecule has 5 nitrogen and oxygen atoms in total. The number of benzene rings is 2. The molecule has 0 aromatic heterocycles. The predicted molar refractivity (Wildman–Crippen MR) is 85.5 cm³/mol. The molecule has 2 aromatic carbocycles. The molecule has 2 aromatic rings. The Morgan fingerprint density at radius 1 is 1.09 bits per heavy atom. The summed E-state index contributed by atoms with van der Waals surface area (Å²) in [7, 11) is 3.13. The zero-order chi connectivity index (χ0) is 16.4. The van der Waals surface area contributed by atoms with Gasteiger partial charge in [0, 0.05) is 5.57 Å². The standard InChI is InChI=1S/C18H16O5/c1-21-16-5-3-11(8-17(16)22-2)7-12-10-23-15-6-4-13(19)9-14(15)18(12)20/h3-9,19H,10H2,1-2H3. The highest BCUT2D eigenvalue weighted by Gasteiger charge is 2.23. The summed E-state index contributed by atoms with van der Waals surface area (Å²) in [6.45, 7) is 0.185. The van der Waals surface area contributed by atoms with Gasteiger partial charge < -0.3 is 19.3 Å². The van der Waals surface area contributed by atoms with E-state index >= 15 is 0 Å². The molecule has 0 radical (unpaired) electrons. The number of Topliss-reactive ketones (excluding diaryl/α,β-unsaturated/α-hetero) is 1. The summed E-state index contributed by atoms with van der Waals surface area (Å²) >= 11 is 0. The van der Waals surface area contributed by atoms with Crippen LogP contribution in [0.25, 0.3) is 6.08 Å². The van der Waals surface area contributed by atoms with Gasteiger partial charge >= 0.3 is 0 Å². The number of hydrogen-bond donors (Lipinski definition) is 1. The normalized spacial score (nSPS) is 15.0. The second kappa shape index (κ2) is 6.04. The minimum atomic E-state index is -0.156. The molecule has 0 spiro atoms. The van der Waals surface area contributed by atoms with Gasteiger partial charge in [0.1, 0.15) is 18.1 Å². The molecule has 0 saturated carbocycles. The average Bonchev–Trinajstić information content (AvgIpc) is 2.57. The molecule has 23 heavy (non-hydrogen) atoms. The van der Waals surface area contributed by atoms with Crippen molar-refractivity contribution in [1.82, 2.24) is 0 Å². The molecular formula is C18H16O5. The van der Waals surface area contributed by atoms with E-state index in [-0.39, 0.29) is 18.1 Å². The van der Waals surface area contributed by atoms with Gasteiger partial charge in [0.05, 0.1) is 19.8 Å². The molecule has 3 rings (SSSR count). The first kappa shape index (κ1) is 15.0. The zero-order valence-electron chi connectivity index (χ0n) is 12.8. The number of phenols is 1. The third-order valence-corrected chi connectivity index (χ3v) is 3.63. The van der Waals surface area contributed by atoms with Crippen LogP contribution < -0.4 is 14.2 Å². The van der Waals surface area contributed by atoms with E-state index in [9.17, 15) is 9.90 Å². The number of aromatic hydroxyl groups is 1. The Hall–Kier alpha value is -2.95. The fourth-order valence-corrected chi connectivity index (χ4v) is 2.47. The Balaban J connectivity index is 1.96. The highest BCUT2D eigenvalue weighted by molar-refractivity contribution is 6.14. The summed E-state index contributed by atoms with van der Waals surface area (Å²) in [4.78, 5) is 12.5. The molecule has 0 fully saturated rings. The molecule has 1 aliphatic heterocycles. The lowest BCUT2D eigenvalue weighted by Crippen LogP contribution is -2.18. The molecule has 118 valence electrons. The fraction of sp³-hybridized carbons (Fsp3) is 0.167. The molecule has 0 bridgehead atoms. The molecule has 1 N–H and O–H groups in total. The number of rotatable bonds is 3. The van der Waals surface area contributed by atoms with Gasteiger partial charge in [-0.1, -0.05) is 6.07 Å². The highest BCUT2D eigenvalue weighted by atomic mass is 16.5. The smallest absolute Gasteiger partial charge is 0.196 e. The van der Waals surface area contributed by atoms with Gasteiger partial charge in [-0.05, 0) is 42.0 Å². The van der Waals surface area contributed by atoms with E-state index in [4.69, 9.17) is 14.2 Å². The van der Waals surface area contributed by atoms with Crippen molar-refractivity contribution in [3.8, 4) is 23.0 Å². The van der Waals surface area contributed by atoms with E-state index in [1.54, 1.807) is 38.5 Å². The van der Waals surface area contributed by atoms with Gasteiger partial charge in [0.2, 0.25) is 0 Å². The van der Waals surface area contributed by atoms with Crippen molar-refractivity contribution in [3.05, 3.63) is 53.1 Å². The maximum Gasteiger partial charge on any atom is 0.196 e. The fourth-order valence-electron chi connectivity index (χ4n) is 2.47. The van der Waals surface area contributed by atoms with Crippen LogP contribution in [0.5, 0.6) is 23.0 Å². The van der Waals surface area contributed by atoms with Crippen LogP contribution in [0.1, 0.15) is 15.9 Å². The van der Waals surface area contributed by atoms with Crippen molar-refractivity contribution in [2.45, 2.75) is 0 Å². The van der Waals surface area contributed by atoms with Crippen molar-refractivity contribution in [1.29, 1.82) is 0 Å². The van der Waals surface area contributed by atoms with Crippen LogP contribution in [-0.2, 0) is 0 Å². The largest absolute Gasteiger partial charge is 0.508 e. The van der Waals surface area contributed by atoms with Crippen LogP contribution in [0.3, 0.4) is 0 Å². The Kier molecular flexibility index (Phi) is 3.93. The molecule has 0 atom stereocenters. The third-order valence-electron chi connectivity index (χ3n) is 3.63. The number of carbonyl (C=O) groups is 1. The van der Waals surface area contributed by atoms with Crippen LogP contribution in [0.15, 0.2) is 42.0 Å². The summed E-state index contributed by atoms with van der Waals surface area (Å²) in [5, 5.41) is 9.55. The Bertz CT molecular complexity index is 792. The lowest BCUT2D eigenvalue weighted by molar-refractivity contribution is 0.100. The molecule has 1 heterocycles. The maximum atomic E-state index is 12.5. The quantitative estimate of drug-likeness (QED) is 0.882. The van der Waals surface area contributed by atoms with Gasteiger partial charge in [-0.15, -0.1) is 0 Å². The highest BCUT2D eigenvalue weighted by Crippen LogP contribution is 2.32. The number of ketones is 1. The van der Waals surface area contributed by atoms with Crippen LogP contribution in [0, 0.1) is 0 Å². The Morgan fingerprint density at radius 2 is 1.87 bits per heavy atom. The summed E-state index contributed by atoms with van der Waals surface area (Å²) in [6, 6.07) is 9.90. The summed E-state index contributed by atoms with van der Waals surface area (Å²) in [6.07, 6.45) is 1.75. The first-order valence-corrected chi connectivity index (χ1v) is 7.05. The molecule has 0 unspecified atom stereocenters. The van der Waals surface area contributed by atoms with Gasteiger partial charge in [-0.2, -0.15) is 0 Å². The van der Waals surface area contributed by atoms with E-state index < -0.39 is 0 Å². The molecule has 0 aliphatic carbocycles. The molecule has 5 heteroatoms. The first-order valence-electron chi connectivity index (χ1n) is 7.05. The van der Waals surface area contributed by atoms with Gasteiger partial charge in [0.15, 0.2) is 17.3 Å². The SMILES string of the molecule is COc1ccc(C=C2COc3ccc(O)cc3C2=O)cc1OC. The minimum Gasteiger partial charge on any atom is -0.508 e. The van der Waals surface area contributed by atoms with E-state index in [1.807, 2.05) is 6.07 Å². The van der Waals surface area contributed by atoms with Crippen LogP contribution in [0.4, 0.5) is 0 Å². The molecule has 0 saturated heterocycles. The monoisotopic (exact) mass is 312 g/mol. The Morgan fingerprint density at radius 3 is 2.61 bits per heavy atom. The number of ether oxygens (including phenoxy) is 3. The molecule has 1 aliphatic rings. The van der Waals surface area contributed by atoms with Crippen molar-refractivity contribution in [3.63, 3.8) is 0 Å². The van der Waals surface area contributed by atoms with E-state index in [0.29, 0.717) is 28.4 Å². The Labute approximate surface area is 133 Å². The number of methoxy groups -OCH3 is 2. The summed E-state index contributed by atoms with van der Waals surface area (Å²) in [5.74, 6) is 1.57. The second-order valence-corrected chi connectivity index (χ2v) is 5.08. The van der Waals surface area contributed by atoms with Crippen molar-refractivity contribution < 1.29 is 24.1 Å². The lowest BCUT2D eigenvalue weighted by Gasteiger charge is -2.19. The molecule has 0 amide bonds. The number of hydrogen-bond acceptors (Lipinski definition) is 5. The summed E-state index contributed by atoms with van der Waals surface area (Å²) < 4.78 is 16.0. The van der Waals surface area contributed by atoms with Crippen LogP contribution in [0.2, 0.25) is 0 Å². The van der Waals surface area contributed by atoms with Gasteiger partial charge in [-0.3, -0.25) is 4.79 Å². The third kappa shape index (κ3) is 2.85. The number of phenolic OH excluding ortho intramolecular Hbond substituents is 1. The first-order chi connectivity index (χ1) is 11.1. The second-order valence-electron chi connectivity index (χ2n) is 5.08. The number of fused-ring (bicyclic) bond motifs is 1. The van der Waals surface area contributed by atoms with Crippen LogP contribution >= 0.6 is 0 Å². The average molecular weight is 312 g/mol. The zero-order valence-corrected chi connectivity index (χ0v) is 12.8. The van der Waals surface area contributed by atoms with Crippen molar-refractivity contribution in [2.75, 3.05) is 20.8 Å². The van der Waals surface area contributed by atoms with Crippen molar-refractivity contribution >= 4 is 11.9 Å². The van der Waals surface area contributed by atoms with E-state index in [0.717, 1.165) is 5.56 Å². The maximum absolute atomic E-state index is 12.5. The number of carbonyl (C=O) groups excluding carboxylic acids is 1. The van der Waals surface area contributed by atoms with Crippen LogP contribution in [-0.4, -0.2) is 31.7 Å². The predicted octanol–water partition coefficient (Wildman–Crippen LogP) is 3.07. The van der Waals surface area contributed by atoms with E-state index in [1.165, 1.54) is 12.1 Å².